The number of fused-ring (bicyclic) bond motifs is 2. The smallest absolute Gasteiger partial charge is 0.339 e. The van der Waals surface area contributed by atoms with Crippen LogP contribution in [0.3, 0.4) is 0 Å². The third kappa shape index (κ3) is 1.44. The monoisotopic (exact) mass is 244 g/mol. The summed E-state index contributed by atoms with van der Waals surface area (Å²) in [4.78, 5) is 11.6. The summed E-state index contributed by atoms with van der Waals surface area (Å²) < 4.78 is 5.25. The zero-order chi connectivity index (χ0) is 13.1. The molecule has 1 N–H and O–H groups in total. The molecule has 0 saturated carbocycles. The number of aliphatic hydroxyl groups is 1. The van der Waals surface area contributed by atoms with Crippen molar-refractivity contribution in [2.75, 3.05) is 0 Å². The topological polar surface area (TPSA) is 50.4 Å². The van der Waals surface area contributed by atoms with Gasteiger partial charge < -0.3 is 9.52 Å². The van der Waals surface area contributed by atoms with Gasteiger partial charge in [0.2, 0.25) is 0 Å². The molecule has 1 aliphatic heterocycles. The highest BCUT2D eigenvalue weighted by atomic mass is 16.4. The summed E-state index contributed by atoms with van der Waals surface area (Å²) in [6, 6.07) is 3.83. The van der Waals surface area contributed by atoms with Crippen molar-refractivity contribution in [1.82, 2.24) is 0 Å². The van der Waals surface area contributed by atoms with E-state index in [9.17, 15) is 9.90 Å². The van der Waals surface area contributed by atoms with E-state index in [1.54, 1.807) is 6.92 Å². The maximum absolute atomic E-state index is 11.6. The first kappa shape index (κ1) is 11.5. The highest BCUT2D eigenvalue weighted by Crippen LogP contribution is 2.40. The average molecular weight is 244 g/mol. The molecule has 1 unspecified atom stereocenters. The molecule has 1 atom stereocenters. The number of hydrogen-bond acceptors (Lipinski definition) is 3. The Morgan fingerprint density at radius 3 is 2.78 bits per heavy atom. The molecule has 3 nitrogen and oxygen atoms in total. The molecule has 0 aromatic carbocycles. The summed E-state index contributed by atoms with van der Waals surface area (Å²) in [5, 5.41) is 10.4. The zero-order valence-electron chi connectivity index (χ0n) is 10.8. The summed E-state index contributed by atoms with van der Waals surface area (Å²) in [6.07, 6.45) is 1.60. The molecule has 0 aromatic heterocycles. The van der Waals surface area contributed by atoms with Gasteiger partial charge in [-0.3, -0.25) is 0 Å². The molecule has 0 fully saturated rings. The minimum atomic E-state index is -0.807. The van der Waals surface area contributed by atoms with Crippen LogP contribution in [-0.2, 0) is 12.0 Å². The van der Waals surface area contributed by atoms with Crippen molar-refractivity contribution >= 4 is 0 Å². The Kier molecular flexibility index (Phi) is 2.20. The third-order valence-electron chi connectivity index (χ3n) is 4.06. The van der Waals surface area contributed by atoms with Crippen LogP contribution in [0, 0.1) is 13.8 Å². The minimum Gasteiger partial charge on any atom is -0.422 e. The molecule has 2 aliphatic carbocycles. The van der Waals surface area contributed by atoms with E-state index in [1.807, 2.05) is 26.0 Å². The molecule has 94 valence electrons. The molecule has 0 bridgehead atoms. The molecule has 0 radical (unpaired) electrons. The Morgan fingerprint density at radius 2 is 2.06 bits per heavy atom. The maximum atomic E-state index is 11.6. The molecule has 0 aromatic rings. The summed E-state index contributed by atoms with van der Waals surface area (Å²) in [5.41, 5.74) is 3.52. The van der Waals surface area contributed by atoms with Gasteiger partial charge in [0.25, 0.3) is 0 Å². The largest absolute Gasteiger partial charge is 0.422 e. The normalized spacial score (nSPS) is 22.4. The van der Waals surface area contributed by atoms with Crippen LogP contribution in [0.5, 0.6) is 0 Å². The molecular formula is C15H16O3. The standard InChI is InChI=1S/C15H16O3/c1-8-6-13-11(9(2)14(16)18-13)7-12-10(8)4-5-15(12,3)17/h6-7,17H,4-5H2,1-3H3. The fraction of sp³-hybridized carbons (Fsp3) is 0.400. The molecule has 1 heterocycles. The SMILES string of the molecule is Cc1cc2oc(=O)c(C)c-2cc2c1CCC2(C)O. The first-order valence-corrected chi connectivity index (χ1v) is 6.20. The highest BCUT2D eigenvalue weighted by molar-refractivity contribution is 5.66. The van der Waals surface area contributed by atoms with Crippen LogP contribution in [0.4, 0.5) is 0 Å². The predicted octanol–water partition coefficient (Wildman–Crippen LogP) is 2.52. The molecule has 3 rings (SSSR count). The Balaban J connectivity index is 2.44. The number of furan rings is 1. The van der Waals surface area contributed by atoms with Crippen molar-refractivity contribution in [2.45, 2.75) is 39.2 Å². The van der Waals surface area contributed by atoms with E-state index in [1.165, 1.54) is 5.56 Å². The van der Waals surface area contributed by atoms with Crippen LogP contribution >= 0.6 is 0 Å². The summed E-state index contributed by atoms with van der Waals surface area (Å²) in [5.74, 6) is 0.611. The molecule has 0 saturated heterocycles. The highest BCUT2D eigenvalue weighted by Gasteiger charge is 2.33. The second-order valence-corrected chi connectivity index (χ2v) is 5.43. The fourth-order valence-corrected chi connectivity index (χ4v) is 2.86. The number of hydrogen-bond donors (Lipinski definition) is 1. The quantitative estimate of drug-likeness (QED) is 0.774. The van der Waals surface area contributed by atoms with Gasteiger partial charge in [-0.05, 0) is 62.4 Å². The van der Waals surface area contributed by atoms with Gasteiger partial charge in [0.15, 0.2) is 0 Å². The van der Waals surface area contributed by atoms with Gasteiger partial charge in [-0.1, -0.05) is 0 Å². The van der Waals surface area contributed by atoms with Crippen LogP contribution in [0.25, 0.3) is 11.3 Å². The Hall–Kier alpha value is -1.61. The van der Waals surface area contributed by atoms with Gasteiger partial charge in [0.1, 0.15) is 5.76 Å². The molecule has 3 heteroatoms. The lowest BCUT2D eigenvalue weighted by Gasteiger charge is -2.16. The lowest BCUT2D eigenvalue weighted by Crippen LogP contribution is -2.16. The van der Waals surface area contributed by atoms with E-state index in [0.29, 0.717) is 11.3 Å². The molecule has 0 spiro atoms. The van der Waals surface area contributed by atoms with Crippen LogP contribution in [0.2, 0.25) is 0 Å². The summed E-state index contributed by atoms with van der Waals surface area (Å²) >= 11 is 0. The second-order valence-electron chi connectivity index (χ2n) is 5.43. The average Bonchev–Trinajstić information content (AvgIpc) is 2.65. The third-order valence-corrected chi connectivity index (χ3v) is 4.06. The van der Waals surface area contributed by atoms with Crippen molar-refractivity contribution in [3.05, 3.63) is 44.8 Å². The van der Waals surface area contributed by atoms with Crippen molar-refractivity contribution in [3.63, 3.8) is 0 Å². The lowest BCUT2D eigenvalue weighted by atomic mass is 9.98. The summed E-state index contributed by atoms with van der Waals surface area (Å²) in [7, 11) is 0. The number of aryl methyl sites for hydroxylation is 1. The van der Waals surface area contributed by atoms with E-state index < -0.39 is 5.60 Å². The van der Waals surface area contributed by atoms with Crippen LogP contribution in [-0.4, -0.2) is 5.11 Å². The number of rotatable bonds is 0. The van der Waals surface area contributed by atoms with E-state index >= 15 is 0 Å². The molecular weight excluding hydrogens is 228 g/mol. The van der Waals surface area contributed by atoms with Crippen LogP contribution in [0.1, 0.15) is 35.6 Å². The van der Waals surface area contributed by atoms with Gasteiger partial charge in [0.05, 0.1) is 5.60 Å². The van der Waals surface area contributed by atoms with Gasteiger partial charge in [0, 0.05) is 11.1 Å². The maximum Gasteiger partial charge on any atom is 0.339 e. The van der Waals surface area contributed by atoms with Gasteiger partial charge in [-0.15, -0.1) is 0 Å². The van der Waals surface area contributed by atoms with Gasteiger partial charge >= 0.3 is 5.63 Å². The zero-order valence-corrected chi connectivity index (χ0v) is 10.8. The molecule has 0 amide bonds. The van der Waals surface area contributed by atoms with Gasteiger partial charge in [-0.2, -0.15) is 0 Å². The van der Waals surface area contributed by atoms with E-state index in [0.717, 1.165) is 29.5 Å². The van der Waals surface area contributed by atoms with Crippen molar-refractivity contribution in [1.29, 1.82) is 0 Å². The van der Waals surface area contributed by atoms with Gasteiger partial charge in [-0.25, -0.2) is 4.79 Å². The first-order valence-electron chi connectivity index (χ1n) is 6.20. The fourth-order valence-electron chi connectivity index (χ4n) is 2.86. The van der Waals surface area contributed by atoms with Crippen molar-refractivity contribution in [2.24, 2.45) is 0 Å². The first-order chi connectivity index (χ1) is 8.40. The molecule has 3 aliphatic rings. The Bertz CT molecular complexity index is 664. The second kappa shape index (κ2) is 3.45. The van der Waals surface area contributed by atoms with E-state index in [-0.39, 0.29) is 5.63 Å². The van der Waals surface area contributed by atoms with Crippen LogP contribution < -0.4 is 5.63 Å². The van der Waals surface area contributed by atoms with E-state index in [2.05, 4.69) is 0 Å². The van der Waals surface area contributed by atoms with Crippen molar-refractivity contribution in [3.8, 4) is 11.3 Å². The lowest BCUT2D eigenvalue weighted by molar-refractivity contribution is 0.0595. The van der Waals surface area contributed by atoms with E-state index in [4.69, 9.17) is 4.42 Å². The minimum absolute atomic E-state index is 0.290. The Morgan fingerprint density at radius 1 is 1.33 bits per heavy atom. The van der Waals surface area contributed by atoms with Crippen LogP contribution in [0.15, 0.2) is 21.3 Å². The molecule has 18 heavy (non-hydrogen) atoms. The Labute approximate surface area is 105 Å². The van der Waals surface area contributed by atoms with Crippen molar-refractivity contribution < 1.29 is 9.52 Å². The predicted molar refractivity (Wildman–Crippen MR) is 69.0 cm³/mol. The summed E-state index contributed by atoms with van der Waals surface area (Å²) in [6.45, 7) is 5.60.